The molecule has 0 unspecified atom stereocenters. The van der Waals surface area contributed by atoms with Crippen LogP contribution in [0.2, 0.25) is 5.02 Å². The van der Waals surface area contributed by atoms with E-state index in [0.717, 1.165) is 0 Å². The van der Waals surface area contributed by atoms with Crippen molar-refractivity contribution in [1.82, 2.24) is 9.78 Å². The largest absolute Gasteiger partial charge is 0.550 e. The number of aromatic nitrogens is 2. The minimum atomic E-state index is -1.08. The first-order valence-electron chi connectivity index (χ1n) is 3.48. The summed E-state index contributed by atoms with van der Waals surface area (Å²) in [6.07, 6.45) is 3.03. The maximum atomic E-state index is 10.3. The molecule has 0 radical (unpaired) electrons. The number of carbonyl (C=O) groups excluding carboxylic acids is 1. The summed E-state index contributed by atoms with van der Waals surface area (Å²) in [5.41, 5.74) is 0. The minimum absolute atomic E-state index is 0.287. The van der Waals surface area contributed by atoms with E-state index in [1.54, 1.807) is 13.1 Å². The molecule has 66 valence electrons. The number of hydrogen-bond acceptors (Lipinski definition) is 3. The van der Waals surface area contributed by atoms with Gasteiger partial charge in [-0.1, -0.05) is 18.5 Å². The van der Waals surface area contributed by atoms with Crippen molar-refractivity contribution in [1.29, 1.82) is 0 Å². The number of rotatable bonds is 3. The van der Waals surface area contributed by atoms with Crippen LogP contribution in [0.25, 0.3) is 0 Å². The van der Waals surface area contributed by atoms with Gasteiger partial charge in [0.05, 0.1) is 11.2 Å². The highest BCUT2D eigenvalue weighted by molar-refractivity contribution is 6.30. The summed E-state index contributed by atoms with van der Waals surface area (Å²) < 4.78 is 1.48. The average molecular weight is 188 g/mol. The molecule has 0 amide bonds. The van der Waals surface area contributed by atoms with Crippen LogP contribution in [0.5, 0.6) is 0 Å². The number of carboxylic acids is 1. The van der Waals surface area contributed by atoms with Gasteiger partial charge >= 0.3 is 0 Å². The second-order valence-electron chi connectivity index (χ2n) is 2.60. The molecule has 0 aliphatic rings. The lowest BCUT2D eigenvalue weighted by Crippen LogP contribution is -2.32. The average Bonchev–Trinajstić information content (AvgIpc) is 2.35. The molecule has 1 aromatic rings. The molecule has 0 spiro atoms. The van der Waals surface area contributed by atoms with E-state index in [9.17, 15) is 9.90 Å². The molecular formula is C7H8ClN2O2-. The van der Waals surface area contributed by atoms with Crippen LogP contribution in [-0.4, -0.2) is 15.7 Å². The fourth-order valence-electron chi connectivity index (χ4n) is 0.793. The van der Waals surface area contributed by atoms with E-state index in [0.29, 0.717) is 5.02 Å². The lowest BCUT2D eigenvalue weighted by molar-refractivity contribution is -0.311. The van der Waals surface area contributed by atoms with E-state index in [1.807, 2.05) is 0 Å². The van der Waals surface area contributed by atoms with E-state index in [1.165, 1.54) is 10.9 Å². The Bertz CT molecular complexity index is 285. The van der Waals surface area contributed by atoms with Gasteiger partial charge in [-0.2, -0.15) is 5.10 Å². The Morgan fingerprint density at radius 2 is 2.58 bits per heavy atom. The lowest BCUT2D eigenvalue weighted by Gasteiger charge is -2.11. The van der Waals surface area contributed by atoms with Gasteiger partial charge < -0.3 is 9.90 Å². The number of halogens is 1. The van der Waals surface area contributed by atoms with Crippen molar-refractivity contribution in [2.24, 2.45) is 5.92 Å². The predicted molar refractivity (Wildman–Crippen MR) is 41.4 cm³/mol. The number of hydrogen-bond donors (Lipinski definition) is 0. The normalized spacial score (nSPS) is 12.8. The Balaban J connectivity index is 2.58. The summed E-state index contributed by atoms with van der Waals surface area (Å²) in [6, 6.07) is 0. The van der Waals surface area contributed by atoms with Gasteiger partial charge in [0.25, 0.3) is 0 Å². The van der Waals surface area contributed by atoms with Crippen LogP contribution in [0.1, 0.15) is 6.92 Å². The molecular weight excluding hydrogens is 180 g/mol. The molecule has 1 aromatic heterocycles. The third-order valence-electron chi connectivity index (χ3n) is 1.47. The van der Waals surface area contributed by atoms with Crippen LogP contribution in [0, 0.1) is 5.92 Å². The van der Waals surface area contributed by atoms with Crippen LogP contribution in [-0.2, 0) is 11.3 Å². The molecule has 0 fully saturated rings. The molecule has 0 saturated carbocycles. The quantitative estimate of drug-likeness (QED) is 0.665. The Kier molecular flexibility index (Phi) is 2.70. The molecule has 12 heavy (non-hydrogen) atoms. The Morgan fingerprint density at radius 3 is 3.00 bits per heavy atom. The summed E-state index contributed by atoms with van der Waals surface area (Å²) in [7, 11) is 0. The standard InChI is InChI=1S/C7H9ClN2O2/c1-5(7(11)12)3-10-4-6(8)2-9-10/h2,4-5H,3H2,1H3,(H,11,12)/p-1/t5-/m1/s1. The van der Waals surface area contributed by atoms with E-state index < -0.39 is 11.9 Å². The summed E-state index contributed by atoms with van der Waals surface area (Å²) in [4.78, 5) is 10.3. The zero-order valence-corrected chi connectivity index (χ0v) is 7.28. The van der Waals surface area contributed by atoms with Crippen LogP contribution in [0.4, 0.5) is 0 Å². The van der Waals surface area contributed by atoms with Gasteiger partial charge in [0.15, 0.2) is 0 Å². The number of aliphatic carboxylic acids is 1. The highest BCUT2D eigenvalue weighted by Crippen LogP contribution is 2.06. The molecule has 1 atom stereocenters. The van der Waals surface area contributed by atoms with Crippen molar-refractivity contribution in [3.05, 3.63) is 17.4 Å². The maximum Gasteiger partial charge on any atom is 0.0785 e. The minimum Gasteiger partial charge on any atom is -0.550 e. The first-order valence-corrected chi connectivity index (χ1v) is 3.86. The van der Waals surface area contributed by atoms with Crippen molar-refractivity contribution >= 4 is 17.6 Å². The molecule has 1 rings (SSSR count). The fraction of sp³-hybridized carbons (Fsp3) is 0.429. The smallest absolute Gasteiger partial charge is 0.0785 e. The number of carboxylic acid groups (broad SMARTS) is 1. The molecule has 0 bridgehead atoms. The predicted octanol–water partition coefficient (Wildman–Crippen LogP) is -0.0775. The van der Waals surface area contributed by atoms with Crippen molar-refractivity contribution in [3.8, 4) is 0 Å². The molecule has 0 aliphatic heterocycles. The molecule has 5 heteroatoms. The fourth-order valence-corrected chi connectivity index (χ4v) is 0.950. The van der Waals surface area contributed by atoms with Crippen molar-refractivity contribution in [2.45, 2.75) is 13.5 Å². The Labute approximate surface area is 74.8 Å². The van der Waals surface area contributed by atoms with Gasteiger partial charge in [-0.25, -0.2) is 0 Å². The highest BCUT2D eigenvalue weighted by Gasteiger charge is 2.04. The molecule has 0 saturated heterocycles. The monoisotopic (exact) mass is 187 g/mol. The second-order valence-corrected chi connectivity index (χ2v) is 3.04. The molecule has 0 aromatic carbocycles. The molecule has 1 heterocycles. The number of carbonyl (C=O) groups is 1. The van der Waals surface area contributed by atoms with E-state index in [4.69, 9.17) is 11.6 Å². The maximum absolute atomic E-state index is 10.3. The summed E-state index contributed by atoms with van der Waals surface area (Å²) in [5, 5.41) is 14.7. The Morgan fingerprint density at radius 1 is 1.92 bits per heavy atom. The van der Waals surface area contributed by atoms with E-state index in [-0.39, 0.29) is 6.54 Å². The number of nitrogens with zero attached hydrogens (tertiary/aromatic N) is 2. The van der Waals surface area contributed by atoms with Crippen LogP contribution in [0.15, 0.2) is 12.4 Å². The van der Waals surface area contributed by atoms with Gasteiger partial charge in [-0.05, 0) is 0 Å². The highest BCUT2D eigenvalue weighted by atomic mass is 35.5. The first kappa shape index (κ1) is 9.06. The SMILES string of the molecule is C[C@H](Cn1cc(Cl)cn1)C(=O)[O-]. The van der Waals surface area contributed by atoms with Gasteiger partial charge in [0.1, 0.15) is 0 Å². The first-order chi connectivity index (χ1) is 5.59. The van der Waals surface area contributed by atoms with Crippen molar-refractivity contribution in [2.75, 3.05) is 0 Å². The van der Waals surface area contributed by atoms with E-state index in [2.05, 4.69) is 5.10 Å². The molecule has 0 aliphatic carbocycles. The second kappa shape index (κ2) is 3.58. The van der Waals surface area contributed by atoms with Crippen LogP contribution in [0.3, 0.4) is 0 Å². The van der Waals surface area contributed by atoms with E-state index >= 15 is 0 Å². The van der Waals surface area contributed by atoms with Gasteiger partial charge in [-0.3, -0.25) is 4.68 Å². The summed E-state index contributed by atoms with van der Waals surface area (Å²) >= 11 is 5.58. The van der Waals surface area contributed by atoms with Crippen molar-refractivity contribution < 1.29 is 9.90 Å². The molecule has 0 N–H and O–H groups in total. The van der Waals surface area contributed by atoms with Crippen LogP contribution >= 0.6 is 11.6 Å². The zero-order chi connectivity index (χ0) is 9.14. The van der Waals surface area contributed by atoms with Crippen LogP contribution < -0.4 is 5.11 Å². The van der Waals surface area contributed by atoms with Crippen molar-refractivity contribution in [3.63, 3.8) is 0 Å². The van der Waals surface area contributed by atoms with Gasteiger partial charge in [0.2, 0.25) is 0 Å². The lowest BCUT2D eigenvalue weighted by atomic mass is 10.2. The summed E-state index contributed by atoms with van der Waals surface area (Å²) in [5.74, 6) is -1.64. The summed E-state index contributed by atoms with van der Waals surface area (Å²) in [6.45, 7) is 1.85. The third kappa shape index (κ3) is 2.23. The Hall–Kier alpha value is -1.03. The topological polar surface area (TPSA) is 58.0 Å². The van der Waals surface area contributed by atoms with Gasteiger partial charge in [-0.15, -0.1) is 0 Å². The zero-order valence-electron chi connectivity index (χ0n) is 6.53. The molecule has 4 nitrogen and oxygen atoms in total. The van der Waals surface area contributed by atoms with Gasteiger partial charge in [0, 0.05) is 24.6 Å². The third-order valence-corrected chi connectivity index (χ3v) is 1.66.